The molecule has 0 bridgehead atoms. The van der Waals surface area contributed by atoms with Gasteiger partial charge in [0.15, 0.2) is 17.5 Å². The summed E-state index contributed by atoms with van der Waals surface area (Å²) in [5.74, 6) is -3.36. The van der Waals surface area contributed by atoms with E-state index in [1.807, 2.05) is 39.9 Å². The Kier molecular flexibility index (Phi) is 6.22. The zero-order valence-electron chi connectivity index (χ0n) is 18.7. The van der Waals surface area contributed by atoms with Crippen LogP contribution in [0.2, 0.25) is 0 Å². The minimum atomic E-state index is -1.47. The topological polar surface area (TPSA) is 63.1 Å². The highest BCUT2D eigenvalue weighted by Gasteiger charge is 2.26. The lowest BCUT2D eigenvalue weighted by Gasteiger charge is -2.19. The number of imidazole rings is 1. The number of anilines is 2. The van der Waals surface area contributed by atoms with Crippen LogP contribution in [0.25, 0.3) is 0 Å². The maximum atomic E-state index is 13.6. The standard InChI is InChI=1S/C26H22F3N5O/c27-21-13-18(14-22(28)25(21)29)12-17-4-6-31-24(15-17)34-9-5-19-20(2-1-3-23(19)34)26(35)32-8-11-33-10-7-30-16-33/h1-4,6-7,10,13-16H,5,8-9,11-12H2,(H,32,35). The second-order valence-corrected chi connectivity index (χ2v) is 8.33. The molecule has 0 atom stereocenters. The molecule has 1 aliphatic heterocycles. The number of pyridine rings is 1. The fraction of sp³-hybridized carbons (Fsp3) is 0.192. The average Bonchev–Trinajstić information content (AvgIpc) is 3.52. The van der Waals surface area contributed by atoms with Gasteiger partial charge in [-0.15, -0.1) is 0 Å². The summed E-state index contributed by atoms with van der Waals surface area (Å²) in [6.45, 7) is 1.76. The minimum absolute atomic E-state index is 0.133. The van der Waals surface area contributed by atoms with E-state index in [4.69, 9.17) is 0 Å². The third kappa shape index (κ3) is 4.75. The number of benzene rings is 2. The highest BCUT2D eigenvalue weighted by Crippen LogP contribution is 2.36. The van der Waals surface area contributed by atoms with Gasteiger partial charge in [-0.25, -0.2) is 23.1 Å². The molecule has 1 N–H and O–H groups in total. The van der Waals surface area contributed by atoms with E-state index < -0.39 is 17.5 Å². The summed E-state index contributed by atoms with van der Waals surface area (Å²) >= 11 is 0. The first kappa shape index (κ1) is 22.6. The van der Waals surface area contributed by atoms with Crippen LogP contribution < -0.4 is 10.2 Å². The van der Waals surface area contributed by atoms with Gasteiger partial charge in [-0.05, 0) is 65.9 Å². The smallest absolute Gasteiger partial charge is 0.251 e. The average molecular weight is 477 g/mol. The molecule has 3 heterocycles. The molecule has 178 valence electrons. The van der Waals surface area contributed by atoms with Crippen LogP contribution in [0, 0.1) is 17.5 Å². The summed E-state index contributed by atoms with van der Waals surface area (Å²) in [5, 5.41) is 2.96. The molecule has 0 unspecified atom stereocenters. The molecular weight excluding hydrogens is 455 g/mol. The van der Waals surface area contributed by atoms with E-state index in [0.717, 1.165) is 28.9 Å². The van der Waals surface area contributed by atoms with Crippen molar-refractivity contribution >= 4 is 17.4 Å². The van der Waals surface area contributed by atoms with Crippen molar-refractivity contribution in [3.8, 4) is 0 Å². The molecule has 0 fully saturated rings. The zero-order chi connectivity index (χ0) is 24.4. The number of hydrogen-bond donors (Lipinski definition) is 1. The van der Waals surface area contributed by atoms with Crippen molar-refractivity contribution in [1.29, 1.82) is 0 Å². The first-order chi connectivity index (χ1) is 17.0. The molecule has 0 aliphatic carbocycles. The quantitative estimate of drug-likeness (QED) is 0.401. The van der Waals surface area contributed by atoms with Gasteiger partial charge in [-0.1, -0.05) is 6.07 Å². The number of carbonyl (C=O) groups is 1. The van der Waals surface area contributed by atoms with E-state index in [2.05, 4.69) is 15.3 Å². The number of carbonyl (C=O) groups excluding carboxylic acids is 1. The fourth-order valence-corrected chi connectivity index (χ4v) is 4.36. The van der Waals surface area contributed by atoms with E-state index in [9.17, 15) is 18.0 Å². The Morgan fingerprint density at radius 2 is 1.86 bits per heavy atom. The Bertz CT molecular complexity index is 1350. The summed E-state index contributed by atoms with van der Waals surface area (Å²) in [5.41, 5.74) is 3.58. The fourth-order valence-electron chi connectivity index (χ4n) is 4.36. The van der Waals surface area contributed by atoms with Crippen molar-refractivity contribution in [1.82, 2.24) is 19.9 Å². The Labute approximate surface area is 200 Å². The molecule has 1 amide bonds. The molecule has 0 saturated heterocycles. The number of nitrogens with zero attached hydrogens (tertiary/aromatic N) is 4. The third-order valence-electron chi connectivity index (χ3n) is 6.03. The molecule has 0 radical (unpaired) electrons. The van der Waals surface area contributed by atoms with Gasteiger partial charge in [0.2, 0.25) is 0 Å². The summed E-state index contributed by atoms with van der Waals surface area (Å²) in [7, 11) is 0. The summed E-state index contributed by atoms with van der Waals surface area (Å²) in [6.07, 6.45) is 7.78. The van der Waals surface area contributed by atoms with Crippen molar-refractivity contribution in [3.63, 3.8) is 0 Å². The first-order valence-corrected chi connectivity index (χ1v) is 11.2. The second kappa shape index (κ2) is 9.61. The number of hydrogen-bond acceptors (Lipinski definition) is 4. The summed E-state index contributed by atoms with van der Waals surface area (Å²) < 4.78 is 42.4. The van der Waals surface area contributed by atoms with E-state index >= 15 is 0 Å². The predicted octanol–water partition coefficient (Wildman–Crippen LogP) is 4.41. The SMILES string of the molecule is O=C(NCCn1ccnc1)c1cccc2c1CCN2c1cc(Cc2cc(F)c(F)c(F)c2)ccn1. The predicted molar refractivity (Wildman–Crippen MR) is 125 cm³/mol. The number of aromatic nitrogens is 3. The Morgan fingerprint density at radius 3 is 2.63 bits per heavy atom. The number of nitrogens with one attached hydrogen (secondary N) is 1. The molecule has 6 nitrogen and oxygen atoms in total. The van der Waals surface area contributed by atoms with Crippen molar-refractivity contribution < 1.29 is 18.0 Å². The number of halogens is 3. The molecule has 0 saturated carbocycles. The Morgan fingerprint density at radius 1 is 1.03 bits per heavy atom. The van der Waals surface area contributed by atoms with Gasteiger partial charge in [0.05, 0.1) is 6.33 Å². The van der Waals surface area contributed by atoms with Gasteiger partial charge >= 0.3 is 0 Å². The normalized spacial score (nSPS) is 12.6. The zero-order valence-corrected chi connectivity index (χ0v) is 18.7. The molecule has 5 rings (SSSR count). The molecular formula is C26H22F3N5O. The molecule has 2 aromatic heterocycles. The lowest BCUT2D eigenvalue weighted by atomic mass is 10.0. The maximum Gasteiger partial charge on any atom is 0.251 e. The van der Waals surface area contributed by atoms with Gasteiger partial charge in [0.25, 0.3) is 5.91 Å². The third-order valence-corrected chi connectivity index (χ3v) is 6.03. The number of amides is 1. The highest BCUT2D eigenvalue weighted by molar-refractivity contribution is 5.98. The molecule has 4 aromatic rings. The maximum absolute atomic E-state index is 13.6. The number of fused-ring (bicyclic) bond motifs is 1. The van der Waals surface area contributed by atoms with Gasteiger partial charge in [0, 0.05) is 49.5 Å². The van der Waals surface area contributed by atoms with Gasteiger partial charge < -0.3 is 14.8 Å². The van der Waals surface area contributed by atoms with E-state index in [1.165, 1.54) is 0 Å². The van der Waals surface area contributed by atoms with Crippen molar-refractivity contribution in [2.75, 3.05) is 18.0 Å². The van der Waals surface area contributed by atoms with Crippen LogP contribution in [0.1, 0.15) is 27.0 Å². The molecule has 1 aliphatic rings. The van der Waals surface area contributed by atoms with Crippen LogP contribution in [0.5, 0.6) is 0 Å². The van der Waals surface area contributed by atoms with Crippen LogP contribution in [0.4, 0.5) is 24.7 Å². The van der Waals surface area contributed by atoms with Gasteiger partial charge in [0.1, 0.15) is 5.82 Å². The molecule has 0 spiro atoms. The van der Waals surface area contributed by atoms with Crippen molar-refractivity contribution in [3.05, 3.63) is 107 Å². The van der Waals surface area contributed by atoms with Crippen LogP contribution in [-0.4, -0.2) is 33.5 Å². The van der Waals surface area contributed by atoms with Crippen LogP contribution in [0.15, 0.2) is 67.4 Å². The van der Waals surface area contributed by atoms with Crippen LogP contribution in [0.3, 0.4) is 0 Å². The number of rotatable bonds is 7. The Balaban J connectivity index is 1.33. The molecule has 2 aromatic carbocycles. The Hall–Kier alpha value is -4.14. The van der Waals surface area contributed by atoms with Crippen molar-refractivity contribution in [2.24, 2.45) is 0 Å². The highest BCUT2D eigenvalue weighted by atomic mass is 19.2. The van der Waals surface area contributed by atoms with E-state index in [0.29, 0.717) is 43.0 Å². The molecule has 9 heteroatoms. The summed E-state index contributed by atoms with van der Waals surface area (Å²) in [6, 6.07) is 11.2. The largest absolute Gasteiger partial charge is 0.350 e. The molecule has 35 heavy (non-hydrogen) atoms. The van der Waals surface area contributed by atoms with E-state index in [-0.39, 0.29) is 12.3 Å². The minimum Gasteiger partial charge on any atom is -0.350 e. The summed E-state index contributed by atoms with van der Waals surface area (Å²) in [4.78, 5) is 23.3. The van der Waals surface area contributed by atoms with E-state index in [1.54, 1.807) is 24.8 Å². The van der Waals surface area contributed by atoms with Gasteiger partial charge in [-0.2, -0.15) is 0 Å². The monoisotopic (exact) mass is 477 g/mol. The first-order valence-electron chi connectivity index (χ1n) is 11.2. The van der Waals surface area contributed by atoms with Gasteiger partial charge in [-0.3, -0.25) is 4.79 Å². The lowest BCUT2D eigenvalue weighted by Crippen LogP contribution is -2.27. The second-order valence-electron chi connectivity index (χ2n) is 8.33. The van der Waals surface area contributed by atoms with Crippen LogP contribution in [-0.2, 0) is 19.4 Å². The lowest BCUT2D eigenvalue weighted by molar-refractivity contribution is 0.0951. The van der Waals surface area contributed by atoms with Crippen LogP contribution >= 0.6 is 0 Å². The van der Waals surface area contributed by atoms with Crippen molar-refractivity contribution in [2.45, 2.75) is 19.4 Å².